The van der Waals surface area contributed by atoms with Crippen LogP contribution in [0.25, 0.3) is 22.8 Å². The SMILES string of the molecule is CCOc1ccc(-c2nnc(S[C@H](C)c3nc(-c4cccc(C(F)(F)F)c4)no3)n2N)cc1. The summed E-state index contributed by atoms with van der Waals surface area (Å²) in [7, 11) is 0. The van der Waals surface area contributed by atoms with Crippen molar-refractivity contribution in [2.24, 2.45) is 0 Å². The van der Waals surface area contributed by atoms with Crippen molar-refractivity contribution in [3.05, 3.63) is 60.0 Å². The van der Waals surface area contributed by atoms with Crippen molar-refractivity contribution < 1.29 is 22.4 Å². The van der Waals surface area contributed by atoms with E-state index in [1.807, 2.05) is 31.2 Å². The van der Waals surface area contributed by atoms with E-state index in [2.05, 4.69) is 20.3 Å². The fourth-order valence-electron chi connectivity index (χ4n) is 2.98. The van der Waals surface area contributed by atoms with Crippen LogP contribution in [-0.4, -0.2) is 31.6 Å². The molecule has 2 aromatic carbocycles. The minimum atomic E-state index is -4.46. The molecule has 0 fully saturated rings. The zero-order valence-electron chi connectivity index (χ0n) is 17.6. The highest BCUT2D eigenvalue weighted by Crippen LogP contribution is 2.35. The average Bonchev–Trinajstić information content (AvgIpc) is 3.42. The quantitative estimate of drug-likeness (QED) is 0.294. The van der Waals surface area contributed by atoms with Crippen LogP contribution in [0.2, 0.25) is 0 Å². The Morgan fingerprint density at radius 1 is 1.12 bits per heavy atom. The molecule has 0 bridgehead atoms. The second kappa shape index (κ2) is 9.14. The van der Waals surface area contributed by atoms with Crippen LogP contribution in [0.15, 0.2) is 58.2 Å². The lowest BCUT2D eigenvalue weighted by Crippen LogP contribution is -2.12. The van der Waals surface area contributed by atoms with Crippen molar-refractivity contribution in [2.75, 3.05) is 12.4 Å². The summed E-state index contributed by atoms with van der Waals surface area (Å²) in [6, 6.07) is 12.0. The minimum absolute atomic E-state index is 0.0628. The molecule has 0 aliphatic carbocycles. The molecule has 0 unspecified atom stereocenters. The summed E-state index contributed by atoms with van der Waals surface area (Å²) in [5.74, 6) is 7.66. The molecule has 33 heavy (non-hydrogen) atoms. The minimum Gasteiger partial charge on any atom is -0.494 e. The van der Waals surface area contributed by atoms with Crippen LogP contribution < -0.4 is 10.6 Å². The Morgan fingerprint density at radius 2 is 1.88 bits per heavy atom. The van der Waals surface area contributed by atoms with E-state index < -0.39 is 11.7 Å². The number of rotatable bonds is 7. The lowest BCUT2D eigenvalue weighted by Gasteiger charge is -2.07. The van der Waals surface area contributed by atoms with Crippen LogP contribution in [0.3, 0.4) is 0 Å². The van der Waals surface area contributed by atoms with E-state index in [0.717, 1.165) is 23.4 Å². The molecule has 4 rings (SSSR count). The predicted octanol–water partition coefficient (Wildman–Crippen LogP) is 4.98. The first-order chi connectivity index (χ1) is 15.8. The Morgan fingerprint density at radius 3 is 2.58 bits per heavy atom. The van der Waals surface area contributed by atoms with Crippen molar-refractivity contribution in [2.45, 2.75) is 30.4 Å². The van der Waals surface area contributed by atoms with Gasteiger partial charge in [-0.05, 0) is 50.2 Å². The number of thioether (sulfide) groups is 1. The first-order valence-electron chi connectivity index (χ1n) is 9.88. The smallest absolute Gasteiger partial charge is 0.416 e. The second-order valence-corrected chi connectivity index (χ2v) is 8.24. The van der Waals surface area contributed by atoms with Gasteiger partial charge in [-0.1, -0.05) is 29.1 Å². The van der Waals surface area contributed by atoms with Gasteiger partial charge in [0.1, 0.15) is 5.75 Å². The summed E-state index contributed by atoms with van der Waals surface area (Å²) in [5, 5.41) is 12.1. The number of benzene rings is 2. The van der Waals surface area contributed by atoms with Crippen LogP contribution in [0.1, 0.15) is 30.6 Å². The molecule has 8 nitrogen and oxygen atoms in total. The Hall–Kier alpha value is -3.54. The Kier molecular flexibility index (Phi) is 6.27. The van der Waals surface area contributed by atoms with Crippen molar-refractivity contribution in [3.63, 3.8) is 0 Å². The molecule has 0 radical (unpaired) electrons. The van der Waals surface area contributed by atoms with Gasteiger partial charge in [0.05, 0.1) is 17.4 Å². The predicted molar refractivity (Wildman–Crippen MR) is 116 cm³/mol. The first kappa shape index (κ1) is 22.6. The highest BCUT2D eigenvalue weighted by molar-refractivity contribution is 7.99. The summed E-state index contributed by atoms with van der Waals surface area (Å²) >= 11 is 1.23. The molecule has 4 aromatic rings. The first-order valence-corrected chi connectivity index (χ1v) is 10.8. The average molecular weight is 476 g/mol. The molecular weight excluding hydrogens is 457 g/mol. The lowest BCUT2D eigenvalue weighted by atomic mass is 10.1. The van der Waals surface area contributed by atoms with Gasteiger partial charge in [-0.3, -0.25) is 0 Å². The van der Waals surface area contributed by atoms with E-state index >= 15 is 0 Å². The number of nitrogens with two attached hydrogens (primary N) is 1. The maximum Gasteiger partial charge on any atom is 0.416 e. The number of aromatic nitrogens is 5. The molecule has 1 atom stereocenters. The molecule has 2 heterocycles. The number of nitrogen functional groups attached to an aromatic ring is 1. The van der Waals surface area contributed by atoms with Crippen LogP contribution in [0, 0.1) is 0 Å². The van der Waals surface area contributed by atoms with Gasteiger partial charge in [0.25, 0.3) is 0 Å². The fourth-order valence-corrected chi connectivity index (χ4v) is 3.78. The summed E-state index contributed by atoms with van der Waals surface area (Å²) in [6.07, 6.45) is -4.46. The third kappa shape index (κ3) is 4.95. The second-order valence-electron chi connectivity index (χ2n) is 6.93. The molecule has 2 N–H and O–H groups in total. The van der Waals surface area contributed by atoms with E-state index in [0.29, 0.717) is 17.6 Å². The molecule has 0 amide bonds. The number of nitrogens with zero attached hydrogens (tertiary/aromatic N) is 5. The van der Waals surface area contributed by atoms with Crippen molar-refractivity contribution in [1.82, 2.24) is 25.0 Å². The number of hydrogen-bond acceptors (Lipinski definition) is 8. The summed E-state index contributed by atoms with van der Waals surface area (Å²) < 4.78 is 51.0. The number of hydrogen-bond donors (Lipinski definition) is 1. The molecule has 2 aromatic heterocycles. The standard InChI is InChI=1S/C21H19F3N6O2S/c1-3-31-16-9-7-13(8-10-16)18-27-28-20(30(18)25)33-12(2)19-26-17(29-32-19)14-5-4-6-15(11-14)21(22,23)24/h4-12H,3,25H2,1-2H3/t12-/m1/s1. The van der Waals surface area contributed by atoms with Gasteiger partial charge in [0.2, 0.25) is 16.9 Å². The topological polar surface area (TPSA) is 105 Å². The zero-order valence-corrected chi connectivity index (χ0v) is 18.4. The maximum atomic E-state index is 13.0. The number of alkyl halides is 3. The van der Waals surface area contributed by atoms with Crippen LogP contribution in [0.5, 0.6) is 5.75 Å². The number of halogens is 3. The normalized spacial score (nSPS) is 12.6. The third-order valence-corrected chi connectivity index (χ3v) is 5.65. The van der Waals surface area contributed by atoms with E-state index in [1.165, 1.54) is 28.6 Å². The van der Waals surface area contributed by atoms with Gasteiger partial charge in [-0.15, -0.1) is 10.2 Å². The highest BCUT2D eigenvalue weighted by Gasteiger charge is 2.31. The van der Waals surface area contributed by atoms with Crippen LogP contribution in [0.4, 0.5) is 13.2 Å². The van der Waals surface area contributed by atoms with Gasteiger partial charge in [0.15, 0.2) is 5.82 Å². The van der Waals surface area contributed by atoms with E-state index in [4.69, 9.17) is 15.1 Å². The Balaban J connectivity index is 1.50. The summed E-state index contributed by atoms with van der Waals surface area (Å²) in [4.78, 5) is 4.24. The van der Waals surface area contributed by atoms with Gasteiger partial charge in [-0.25, -0.2) is 4.68 Å². The molecule has 172 valence electrons. The fraction of sp³-hybridized carbons (Fsp3) is 0.238. The third-order valence-electron chi connectivity index (χ3n) is 4.61. The number of ether oxygens (including phenoxy) is 1. The van der Waals surface area contributed by atoms with Gasteiger partial charge in [0, 0.05) is 11.1 Å². The van der Waals surface area contributed by atoms with E-state index in [1.54, 1.807) is 6.92 Å². The Labute approximate surface area is 190 Å². The maximum absolute atomic E-state index is 13.0. The molecule has 12 heteroatoms. The zero-order chi connectivity index (χ0) is 23.6. The van der Waals surface area contributed by atoms with E-state index in [-0.39, 0.29) is 22.5 Å². The largest absolute Gasteiger partial charge is 0.494 e. The molecule has 0 saturated carbocycles. The summed E-state index contributed by atoms with van der Waals surface area (Å²) in [5.41, 5.74) is 0.182. The van der Waals surface area contributed by atoms with Crippen molar-refractivity contribution in [3.8, 4) is 28.5 Å². The van der Waals surface area contributed by atoms with Crippen LogP contribution in [-0.2, 0) is 6.18 Å². The van der Waals surface area contributed by atoms with E-state index in [9.17, 15) is 13.2 Å². The van der Waals surface area contributed by atoms with Crippen molar-refractivity contribution >= 4 is 11.8 Å². The molecule has 0 aliphatic heterocycles. The molecule has 0 saturated heterocycles. The monoisotopic (exact) mass is 476 g/mol. The van der Waals surface area contributed by atoms with Gasteiger partial charge < -0.3 is 15.1 Å². The van der Waals surface area contributed by atoms with Crippen LogP contribution >= 0.6 is 11.8 Å². The molecule has 0 spiro atoms. The van der Waals surface area contributed by atoms with Crippen molar-refractivity contribution in [1.29, 1.82) is 0 Å². The Bertz CT molecular complexity index is 1240. The highest BCUT2D eigenvalue weighted by atomic mass is 32.2. The molecule has 0 aliphatic rings. The molecular formula is C21H19F3N6O2S. The lowest BCUT2D eigenvalue weighted by molar-refractivity contribution is -0.137. The summed E-state index contributed by atoms with van der Waals surface area (Å²) in [6.45, 7) is 4.26. The van der Waals surface area contributed by atoms with Gasteiger partial charge >= 0.3 is 6.18 Å². The van der Waals surface area contributed by atoms with Gasteiger partial charge in [-0.2, -0.15) is 18.2 Å².